The van der Waals surface area contributed by atoms with E-state index >= 15 is 0 Å². The fourth-order valence-electron chi connectivity index (χ4n) is 0.934. The van der Waals surface area contributed by atoms with Crippen molar-refractivity contribution in [3.63, 3.8) is 0 Å². The summed E-state index contributed by atoms with van der Waals surface area (Å²) in [5, 5.41) is 22.7. The third kappa shape index (κ3) is 1.91. The smallest absolute Gasteiger partial charge is 0.314 e. The number of aliphatic hydroxyl groups is 1. The van der Waals surface area contributed by atoms with Gasteiger partial charge in [-0.3, -0.25) is 14.8 Å². The van der Waals surface area contributed by atoms with E-state index in [1.165, 1.54) is 23.0 Å². The number of aromatic nitrogens is 2. The summed E-state index contributed by atoms with van der Waals surface area (Å²) in [5.74, 6) is 0. The van der Waals surface area contributed by atoms with Gasteiger partial charge in [-0.25, -0.2) is 0 Å². The SMILES string of the molecule is Cn1ncc([N+](=O)[O-])c1/C=C/CO. The molecule has 0 bridgehead atoms. The monoisotopic (exact) mass is 183 g/mol. The Bertz CT molecular complexity index is 343. The van der Waals surface area contributed by atoms with E-state index in [0.717, 1.165) is 0 Å². The van der Waals surface area contributed by atoms with Crippen molar-refractivity contribution < 1.29 is 10.0 Å². The molecule has 1 rings (SSSR count). The molecule has 6 nitrogen and oxygen atoms in total. The second kappa shape index (κ2) is 3.81. The minimum absolute atomic E-state index is 0.0628. The minimum Gasteiger partial charge on any atom is -0.392 e. The lowest BCUT2D eigenvalue weighted by Gasteiger charge is -1.93. The maximum atomic E-state index is 10.5. The maximum Gasteiger partial charge on any atom is 0.314 e. The summed E-state index contributed by atoms with van der Waals surface area (Å²) in [6, 6.07) is 0. The summed E-state index contributed by atoms with van der Waals surface area (Å²) >= 11 is 0. The van der Waals surface area contributed by atoms with Gasteiger partial charge in [0.1, 0.15) is 11.9 Å². The van der Waals surface area contributed by atoms with Gasteiger partial charge in [0.15, 0.2) is 0 Å². The van der Waals surface area contributed by atoms with Crippen LogP contribution in [0.4, 0.5) is 5.69 Å². The zero-order valence-corrected chi connectivity index (χ0v) is 7.04. The van der Waals surface area contributed by atoms with Crippen LogP contribution in [0.2, 0.25) is 0 Å². The predicted molar refractivity (Wildman–Crippen MR) is 46.0 cm³/mol. The van der Waals surface area contributed by atoms with Crippen LogP contribution in [0.1, 0.15) is 5.69 Å². The number of nitrogens with zero attached hydrogens (tertiary/aromatic N) is 3. The highest BCUT2D eigenvalue weighted by atomic mass is 16.6. The molecule has 1 aromatic rings. The Balaban J connectivity index is 3.08. The highest BCUT2D eigenvalue weighted by molar-refractivity contribution is 5.56. The van der Waals surface area contributed by atoms with Crippen molar-refractivity contribution in [2.24, 2.45) is 7.05 Å². The van der Waals surface area contributed by atoms with Crippen molar-refractivity contribution in [2.75, 3.05) is 6.61 Å². The Hall–Kier alpha value is -1.69. The molecular weight excluding hydrogens is 174 g/mol. The third-order valence-corrected chi connectivity index (χ3v) is 1.54. The van der Waals surface area contributed by atoms with E-state index in [2.05, 4.69) is 5.10 Å². The maximum absolute atomic E-state index is 10.5. The molecule has 0 spiro atoms. The molecule has 1 aromatic heterocycles. The fourth-order valence-corrected chi connectivity index (χ4v) is 0.934. The second-order valence-electron chi connectivity index (χ2n) is 2.38. The van der Waals surface area contributed by atoms with Crippen molar-refractivity contribution in [3.05, 3.63) is 28.1 Å². The van der Waals surface area contributed by atoms with Gasteiger partial charge >= 0.3 is 5.69 Å². The van der Waals surface area contributed by atoms with Crippen molar-refractivity contribution in [1.82, 2.24) is 9.78 Å². The second-order valence-corrected chi connectivity index (χ2v) is 2.38. The third-order valence-electron chi connectivity index (χ3n) is 1.54. The lowest BCUT2D eigenvalue weighted by Crippen LogP contribution is -1.95. The molecule has 0 aromatic carbocycles. The van der Waals surface area contributed by atoms with Gasteiger partial charge < -0.3 is 5.11 Å². The number of aryl methyl sites for hydroxylation is 1. The molecule has 0 fully saturated rings. The Morgan fingerprint density at radius 2 is 2.54 bits per heavy atom. The predicted octanol–water partition coefficient (Wildman–Crippen LogP) is 0.334. The quantitative estimate of drug-likeness (QED) is 0.541. The lowest BCUT2D eigenvalue weighted by atomic mass is 10.3. The summed E-state index contributed by atoms with van der Waals surface area (Å²) < 4.78 is 1.38. The van der Waals surface area contributed by atoms with E-state index in [4.69, 9.17) is 5.11 Å². The van der Waals surface area contributed by atoms with Gasteiger partial charge in [-0.05, 0) is 6.08 Å². The van der Waals surface area contributed by atoms with E-state index in [1.807, 2.05) is 0 Å². The van der Waals surface area contributed by atoms with Crippen LogP contribution in [0.3, 0.4) is 0 Å². The van der Waals surface area contributed by atoms with Crippen LogP contribution in [0, 0.1) is 10.1 Å². The Morgan fingerprint density at radius 1 is 1.85 bits per heavy atom. The molecule has 0 amide bonds. The van der Waals surface area contributed by atoms with Gasteiger partial charge in [0.2, 0.25) is 0 Å². The molecular formula is C7H9N3O3. The number of aliphatic hydroxyl groups excluding tert-OH is 1. The normalized spacial score (nSPS) is 10.9. The summed E-state index contributed by atoms with van der Waals surface area (Å²) in [5.41, 5.74) is 0.311. The molecule has 0 aliphatic carbocycles. The minimum atomic E-state index is -0.510. The van der Waals surface area contributed by atoms with Crippen LogP contribution in [0.15, 0.2) is 12.3 Å². The fraction of sp³-hybridized carbons (Fsp3) is 0.286. The first-order valence-electron chi connectivity index (χ1n) is 3.60. The van der Waals surface area contributed by atoms with Gasteiger partial charge in [0, 0.05) is 7.05 Å². The summed E-state index contributed by atoms with van der Waals surface area (Å²) in [4.78, 5) is 9.94. The van der Waals surface area contributed by atoms with E-state index in [0.29, 0.717) is 5.69 Å². The first kappa shape index (κ1) is 9.40. The molecule has 0 atom stereocenters. The Morgan fingerprint density at radius 3 is 3.08 bits per heavy atom. The molecule has 0 aliphatic rings. The van der Waals surface area contributed by atoms with Crippen LogP contribution in [-0.4, -0.2) is 26.4 Å². The summed E-state index contributed by atoms with van der Waals surface area (Å²) in [6.07, 6.45) is 4.06. The first-order valence-corrected chi connectivity index (χ1v) is 3.60. The van der Waals surface area contributed by atoms with E-state index in [1.54, 1.807) is 7.05 Å². The number of rotatable bonds is 3. The van der Waals surface area contributed by atoms with Crippen LogP contribution >= 0.6 is 0 Å². The highest BCUT2D eigenvalue weighted by Crippen LogP contribution is 2.17. The van der Waals surface area contributed by atoms with E-state index in [-0.39, 0.29) is 12.3 Å². The molecule has 13 heavy (non-hydrogen) atoms. The standard InChI is InChI=1S/C7H9N3O3/c1-9-6(3-2-4-11)7(5-8-9)10(12)13/h2-3,5,11H,4H2,1H3/b3-2+. The lowest BCUT2D eigenvalue weighted by molar-refractivity contribution is -0.385. The van der Waals surface area contributed by atoms with Crippen LogP contribution < -0.4 is 0 Å². The van der Waals surface area contributed by atoms with E-state index in [9.17, 15) is 10.1 Å². The average Bonchev–Trinajstić information content (AvgIpc) is 2.43. The number of nitro groups is 1. The molecule has 0 aliphatic heterocycles. The zero-order chi connectivity index (χ0) is 9.84. The van der Waals surface area contributed by atoms with Gasteiger partial charge in [0.05, 0.1) is 11.5 Å². The summed E-state index contributed by atoms with van der Waals surface area (Å²) in [7, 11) is 1.60. The number of hydrogen-bond donors (Lipinski definition) is 1. The molecule has 1 heterocycles. The number of hydrogen-bond acceptors (Lipinski definition) is 4. The Labute approximate surface area is 74.3 Å². The molecule has 6 heteroatoms. The molecule has 0 saturated heterocycles. The van der Waals surface area contributed by atoms with Crippen molar-refractivity contribution in [1.29, 1.82) is 0 Å². The van der Waals surface area contributed by atoms with Crippen molar-refractivity contribution >= 4 is 11.8 Å². The molecule has 0 saturated carbocycles. The van der Waals surface area contributed by atoms with E-state index < -0.39 is 4.92 Å². The first-order chi connectivity index (χ1) is 6.16. The summed E-state index contributed by atoms with van der Waals surface area (Å²) in [6.45, 7) is -0.150. The van der Waals surface area contributed by atoms with Gasteiger partial charge in [-0.15, -0.1) is 0 Å². The highest BCUT2D eigenvalue weighted by Gasteiger charge is 2.15. The largest absolute Gasteiger partial charge is 0.392 e. The van der Waals surface area contributed by atoms with Gasteiger partial charge in [-0.2, -0.15) is 5.10 Å². The topological polar surface area (TPSA) is 81.2 Å². The molecule has 1 N–H and O–H groups in total. The molecule has 0 unspecified atom stereocenters. The van der Waals surface area contributed by atoms with Gasteiger partial charge in [-0.1, -0.05) is 6.08 Å². The molecule has 70 valence electrons. The van der Waals surface area contributed by atoms with Crippen LogP contribution in [0.5, 0.6) is 0 Å². The molecule has 0 radical (unpaired) electrons. The van der Waals surface area contributed by atoms with Crippen molar-refractivity contribution in [3.8, 4) is 0 Å². The average molecular weight is 183 g/mol. The van der Waals surface area contributed by atoms with Gasteiger partial charge in [0.25, 0.3) is 0 Å². The Kier molecular flexibility index (Phi) is 2.76. The van der Waals surface area contributed by atoms with Crippen molar-refractivity contribution in [2.45, 2.75) is 0 Å². The zero-order valence-electron chi connectivity index (χ0n) is 7.04. The van der Waals surface area contributed by atoms with Crippen LogP contribution in [-0.2, 0) is 7.05 Å². The van der Waals surface area contributed by atoms with Crippen LogP contribution in [0.25, 0.3) is 6.08 Å².